The number of hydrogen-bond donors (Lipinski definition) is 1. The van der Waals surface area contributed by atoms with Crippen molar-refractivity contribution in [2.24, 2.45) is 0 Å². The molecule has 0 saturated carbocycles. The Balaban J connectivity index is 2.28. The van der Waals surface area contributed by atoms with Crippen molar-refractivity contribution in [1.82, 2.24) is 15.0 Å². The van der Waals surface area contributed by atoms with Gasteiger partial charge in [0.2, 0.25) is 17.2 Å². The second-order valence-corrected chi connectivity index (χ2v) is 4.46. The molecule has 7 heteroatoms. The molecule has 2 rings (SSSR count). The second kappa shape index (κ2) is 5.01. The molecule has 1 aromatic heterocycles. The molecule has 2 heterocycles. The smallest absolute Gasteiger partial charge is 0.231 e. The number of halogens is 1. The summed E-state index contributed by atoms with van der Waals surface area (Å²) >= 11 is 5.80. The lowest BCUT2D eigenvalue weighted by atomic mass is 10.1. The van der Waals surface area contributed by atoms with E-state index in [2.05, 4.69) is 26.8 Å². The first-order valence-electron chi connectivity index (χ1n) is 5.65. The van der Waals surface area contributed by atoms with E-state index in [1.165, 1.54) is 0 Å². The van der Waals surface area contributed by atoms with Gasteiger partial charge >= 0.3 is 0 Å². The molecule has 2 unspecified atom stereocenters. The van der Waals surface area contributed by atoms with Crippen molar-refractivity contribution < 1.29 is 4.74 Å². The molecular formula is C10H16ClN5O. The van der Waals surface area contributed by atoms with E-state index in [1.807, 2.05) is 6.92 Å². The molecular weight excluding hydrogens is 242 g/mol. The molecule has 0 bridgehead atoms. The first kappa shape index (κ1) is 12.3. The van der Waals surface area contributed by atoms with Gasteiger partial charge in [-0.05, 0) is 24.9 Å². The van der Waals surface area contributed by atoms with Crippen LogP contribution in [-0.2, 0) is 4.74 Å². The van der Waals surface area contributed by atoms with Crippen molar-refractivity contribution in [3.8, 4) is 0 Å². The van der Waals surface area contributed by atoms with Crippen LogP contribution >= 0.6 is 11.6 Å². The number of nitrogen functional groups attached to an aromatic ring is 1. The van der Waals surface area contributed by atoms with Crippen LogP contribution < -0.4 is 10.6 Å². The summed E-state index contributed by atoms with van der Waals surface area (Å²) in [6.45, 7) is 5.52. The van der Waals surface area contributed by atoms with Crippen LogP contribution in [0.25, 0.3) is 0 Å². The summed E-state index contributed by atoms with van der Waals surface area (Å²) in [5.74, 6) is 0.679. The molecule has 0 spiro atoms. The molecule has 0 aromatic carbocycles. The fraction of sp³-hybridized carbons (Fsp3) is 0.700. The van der Waals surface area contributed by atoms with Gasteiger partial charge in [0.1, 0.15) is 0 Å². The number of aromatic nitrogens is 3. The Morgan fingerprint density at radius 3 is 2.88 bits per heavy atom. The van der Waals surface area contributed by atoms with Crippen molar-refractivity contribution in [3.05, 3.63) is 5.28 Å². The summed E-state index contributed by atoms with van der Waals surface area (Å²) in [7, 11) is 0. The van der Waals surface area contributed by atoms with Crippen LogP contribution in [-0.4, -0.2) is 40.2 Å². The van der Waals surface area contributed by atoms with E-state index in [0.29, 0.717) is 12.6 Å². The number of morpholine rings is 1. The highest BCUT2D eigenvalue weighted by atomic mass is 35.5. The highest BCUT2D eigenvalue weighted by molar-refractivity contribution is 6.28. The molecule has 2 atom stereocenters. The second-order valence-electron chi connectivity index (χ2n) is 4.12. The van der Waals surface area contributed by atoms with Gasteiger partial charge in [-0.3, -0.25) is 0 Å². The zero-order valence-electron chi connectivity index (χ0n) is 9.93. The molecule has 1 aromatic rings. The molecule has 6 nitrogen and oxygen atoms in total. The normalized spacial score (nSPS) is 25.0. The topological polar surface area (TPSA) is 77.2 Å². The Morgan fingerprint density at radius 1 is 1.47 bits per heavy atom. The standard InChI is InChI=1S/C10H16ClN5O/c1-3-7-5-17-6(2)4-16(7)10-14-8(11)13-9(12)15-10/h6-7H,3-5H2,1-2H3,(H2,12,13,14,15). The van der Waals surface area contributed by atoms with E-state index < -0.39 is 0 Å². The van der Waals surface area contributed by atoms with Gasteiger partial charge in [-0.15, -0.1) is 0 Å². The summed E-state index contributed by atoms with van der Waals surface area (Å²) in [4.78, 5) is 14.1. The average Bonchev–Trinajstić information content (AvgIpc) is 2.27. The van der Waals surface area contributed by atoms with Crippen LogP contribution in [0.15, 0.2) is 0 Å². The molecule has 0 amide bonds. The predicted molar refractivity (Wildman–Crippen MR) is 66.1 cm³/mol. The average molecular weight is 258 g/mol. The molecule has 1 aliphatic rings. The molecule has 17 heavy (non-hydrogen) atoms. The summed E-state index contributed by atoms with van der Waals surface area (Å²) in [6.07, 6.45) is 1.10. The van der Waals surface area contributed by atoms with Gasteiger partial charge in [0.15, 0.2) is 0 Å². The third-order valence-corrected chi connectivity index (χ3v) is 2.98. The highest BCUT2D eigenvalue weighted by Gasteiger charge is 2.28. The Kier molecular flexibility index (Phi) is 3.63. The number of nitrogens with two attached hydrogens (primary N) is 1. The van der Waals surface area contributed by atoms with Crippen molar-refractivity contribution in [2.45, 2.75) is 32.4 Å². The maximum atomic E-state index is 5.80. The Labute approximate surface area is 105 Å². The van der Waals surface area contributed by atoms with Crippen molar-refractivity contribution in [2.75, 3.05) is 23.8 Å². The predicted octanol–water partition coefficient (Wildman–Crippen LogP) is 1.11. The van der Waals surface area contributed by atoms with Crippen LogP contribution in [0.1, 0.15) is 20.3 Å². The van der Waals surface area contributed by atoms with Gasteiger partial charge in [0.25, 0.3) is 0 Å². The lowest BCUT2D eigenvalue weighted by Gasteiger charge is -2.38. The first-order chi connectivity index (χ1) is 8.10. The molecule has 2 N–H and O–H groups in total. The van der Waals surface area contributed by atoms with Gasteiger partial charge < -0.3 is 15.4 Å². The van der Waals surface area contributed by atoms with Gasteiger partial charge in [0, 0.05) is 6.54 Å². The van der Waals surface area contributed by atoms with Crippen molar-refractivity contribution in [1.29, 1.82) is 0 Å². The van der Waals surface area contributed by atoms with Gasteiger partial charge in [-0.1, -0.05) is 6.92 Å². The maximum Gasteiger partial charge on any atom is 0.231 e. The van der Waals surface area contributed by atoms with Crippen LogP contribution in [0.5, 0.6) is 0 Å². The fourth-order valence-corrected chi connectivity index (χ4v) is 2.07. The van der Waals surface area contributed by atoms with E-state index in [1.54, 1.807) is 0 Å². The zero-order valence-corrected chi connectivity index (χ0v) is 10.7. The molecule has 0 radical (unpaired) electrons. The van der Waals surface area contributed by atoms with Crippen LogP contribution in [0.3, 0.4) is 0 Å². The molecule has 1 aliphatic heterocycles. The molecule has 1 fully saturated rings. The lowest BCUT2D eigenvalue weighted by molar-refractivity contribution is 0.0292. The van der Waals surface area contributed by atoms with E-state index in [0.717, 1.165) is 13.0 Å². The largest absolute Gasteiger partial charge is 0.375 e. The number of anilines is 2. The van der Waals surface area contributed by atoms with Crippen molar-refractivity contribution in [3.63, 3.8) is 0 Å². The van der Waals surface area contributed by atoms with E-state index >= 15 is 0 Å². The molecule has 0 aliphatic carbocycles. The minimum absolute atomic E-state index is 0.126. The molecule has 1 saturated heterocycles. The van der Waals surface area contributed by atoms with Crippen molar-refractivity contribution >= 4 is 23.5 Å². The summed E-state index contributed by atoms with van der Waals surface area (Å²) in [6, 6.07) is 0.254. The quantitative estimate of drug-likeness (QED) is 0.855. The van der Waals surface area contributed by atoms with Crippen LogP contribution in [0.4, 0.5) is 11.9 Å². The van der Waals surface area contributed by atoms with Gasteiger partial charge in [-0.2, -0.15) is 15.0 Å². The third-order valence-electron chi connectivity index (χ3n) is 2.81. The third kappa shape index (κ3) is 2.76. The SMILES string of the molecule is CCC1COC(C)CN1c1nc(N)nc(Cl)n1. The number of rotatable bonds is 2. The molecule has 94 valence electrons. The van der Waals surface area contributed by atoms with Gasteiger partial charge in [0.05, 0.1) is 18.8 Å². The number of ether oxygens (including phenoxy) is 1. The van der Waals surface area contributed by atoms with Crippen LogP contribution in [0.2, 0.25) is 5.28 Å². The lowest BCUT2D eigenvalue weighted by Crippen LogP contribution is -2.49. The van der Waals surface area contributed by atoms with Gasteiger partial charge in [-0.25, -0.2) is 0 Å². The summed E-state index contributed by atoms with van der Waals surface area (Å²) < 4.78 is 5.62. The van der Waals surface area contributed by atoms with E-state index in [4.69, 9.17) is 22.1 Å². The number of hydrogen-bond acceptors (Lipinski definition) is 6. The summed E-state index contributed by atoms with van der Waals surface area (Å²) in [5.41, 5.74) is 5.58. The maximum absolute atomic E-state index is 5.80. The van der Waals surface area contributed by atoms with E-state index in [9.17, 15) is 0 Å². The van der Waals surface area contributed by atoms with Crippen LogP contribution in [0, 0.1) is 0 Å². The Hall–Kier alpha value is -1.14. The fourth-order valence-electron chi connectivity index (χ4n) is 1.91. The zero-order chi connectivity index (χ0) is 12.4. The Bertz CT molecular complexity index is 382. The Morgan fingerprint density at radius 2 is 2.24 bits per heavy atom. The minimum atomic E-state index is 0.126. The summed E-state index contributed by atoms with van der Waals surface area (Å²) in [5, 5.41) is 0.126. The first-order valence-corrected chi connectivity index (χ1v) is 6.03. The minimum Gasteiger partial charge on any atom is -0.375 e. The monoisotopic (exact) mass is 257 g/mol. The highest BCUT2D eigenvalue weighted by Crippen LogP contribution is 2.21. The number of nitrogens with zero attached hydrogens (tertiary/aromatic N) is 4. The van der Waals surface area contributed by atoms with E-state index in [-0.39, 0.29) is 23.4 Å².